The number of nitrogens with one attached hydrogen (secondary N) is 2. The summed E-state index contributed by atoms with van der Waals surface area (Å²) in [5.74, 6) is -0.659. The van der Waals surface area contributed by atoms with E-state index in [-0.39, 0.29) is 29.9 Å². The SMILES string of the molecule is CC(C)CC(=O)Nc1nc(C(=O)NCc2ccccc2F)cs1. The van der Waals surface area contributed by atoms with Gasteiger partial charge in [-0.05, 0) is 12.0 Å². The number of hydrogen-bond donors (Lipinski definition) is 2. The number of amides is 2. The largest absolute Gasteiger partial charge is 0.346 e. The third-order valence-corrected chi connectivity index (χ3v) is 3.73. The Balaban J connectivity index is 1.91. The monoisotopic (exact) mass is 335 g/mol. The average molecular weight is 335 g/mol. The number of anilines is 1. The molecule has 0 fully saturated rings. The molecule has 23 heavy (non-hydrogen) atoms. The van der Waals surface area contributed by atoms with Crippen LogP contribution in [0, 0.1) is 11.7 Å². The molecule has 2 rings (SSSR count). The van der Waals surface area contributed by atoms with E-state index in [1.165, 1.54) is 17.4 Å². The van der Waals surface area contributed by atoms with Crippen molar-refractivity contribution in [2.75, 3.05) is 5.32 Å². The van der Waals surface area contributed by atoms with Crippen molar-refractivity contribution in [3.63, 3.8) is 0 Å². The summed E-state index contributed by atoms with van der Waals surface area (Å²) in [7, 11) is 0. The minimum atomic E-state index is -0.408. The van der Waals surface area contributed by atoms with Crippen molar-refractivity contribution >= 4 is 28.3 Å². The second kappa shape index (κ2) is 7.82. The molecule has 0 saturated carbocycles. The predicted molar refractivity (Wildman–Crippen MR) is 87.8 cm³/mol. The van der Waals surface area contributed by atoms with Crippen LogP contribution < -0.4 is 10.6 Å². The number of aromatic nitrogens is 1. The van der Waals surface area contributed by atoms with Gasteiger partial charge < -0.3 is 10.6 Å². The fourth-order valence-corrected chi connectivity index (χ4v) is 2.59. The number of rotatable bonds is 6. The van der Waals surface area contributed by atoms with Gasteiger partial charge in [-0.15, -0.1) is 11.3 Å². The number of benzene rings is 1. The van der Waals surface area contributed by atoms with Crippen molar-refractivity contribution in [2.45, 2.75) is 26.8 Å². The van der Waals surface area contributed by atoms with Crippen LogP contribution in [0.2, 0.25) is 0 Å². The first kappa shape index (κ1) is 17.1. The number of carbonyl (C=O) groups excluding carboxylic acids is 2. The minimum Gasteiger partial charge on any atom is -0.346 e. The minimum absolute atomic E-state index is 0.0814. The Morgan fingerprint density at radius 1 is 1.30 bits per heavy atom. The predicted octanol–water partition coefficient (Wildman–Crippen LogP) is 3.20. The van der Waals surface area contributed by atoms with Crippen molar-refractivity contribution in [1.82, 2.24) is 10.3 Å². The summed E-state index contributed by atoms with van der Waals surface area (Å²) in [4.78, 5) is 27.7. The molecule has 1 aromatic carbocycles. The van der Waals surface area contributed by atoms with Gasteiger partial charge >= 0.3 is 0 Å². The van der Waals surface area contributed by atoms with Crippen LogP contribution in [0.25, 0.3) is 0 Å². The summed E-state index contributed by atoms with van der Waals surface area (Å²) in [6.07, 6.45) is 0.397. The van der Waals surface area contributed by atoms with Crippen LogP contribution in [0.4, 0.5) is 9.52 Å². The molecule has 2 N–H and O–H groups in total. The van der Waals surface area contributed by atoms with E-state index in [1.807, 2.05) is 13.8 Å². The zero-order valence-corrected chi connectivity index (χ0v) is 13.7. The summed E-state index contributed by atoms with van der Waals surface area (Å²) in [6.45, 7) is 3.98. The molecule has 0 aliphatic heterocycles. The fourth-order valence-electron chi connectivity index (χ4n) is 1.88. The molecule has 1 aromatic heterocycles. The van der Waals surface area contributed by atoms with Gasteiger partial charge in [-0.1, -0.05) is 32.0 Å². The molecule has 1 heterocycles. The van der Waals surface area contributed by atoms with Gasteiger partial charge in [0.1, 0.15) is 11.5 Å². The summed E-state index contributed by atoms with van der Waals surface area (Å²) in [5, 5.41) is 7.21. The standard InChI is InChI=1S/C16H18FN3O2S/c1-10(2)7-14(21)20-16-19-13(9-23-16)15(22)18-8-11-5-3-4-6-12(11)17/h3-6,9-10H,7-8H2,1-2H3,(H,18,22)(H,19,20,21). The summed E-state index contributed by atoms with van der Waals surface area (Å²) >= 11 is 1.18. The Morgan fingerprint density at radius 2 is 2.04 bits per heavy atom. The molecule has 0 unspecified atom stereocenters. The van der Waals surface area contributed by atoms with Crippen LogP contribution in [0.5, 0.6) is 0 Å². The van der Waals surface area contributed by atoms with Crippen molar-refractivity contribution in [3.05, 3.63) is 46.7 Å². The maximum atomic E-state index is 13.5. The molecule has 0 saturated heterocycles. The van der Waals surface area contributed by atoms with Crippen molar-refractivity contribution < 1.29 is 14.0 Å². The Morgan fingerprint density at radius 3 is 2.74 bits per heavy atom. The Kier molecular flexibility index (Phi) is 5.81. The lowest BCUT2D eigenvalue weighted by molar-refractivity contribution is -0.116. The Bertz CT molecular complexity index is 700. The molecule has 2 amide bonds. The number of hydrogen-bond acceptors (Lipinski definition) is 4. The lowest BCUT2D eigenvalue weighted by atomic mass is 10.1. The van der Waals surface area contributed by atoms with Crippen LogP contribution in [-0.2, 0) is 11.3 Å². The first-order valence-corrected chi connectivity index (χ1v) is 8.10. The van der Waals surface area contributed by atoms with E-state index < -0.39 is 5.91 Å². The van der Waals surface area contributed by atoms with E-state index in [0.29, 0.717) is 17.1 Å². The highest BCUT2D eigenvalue weighted by atomic mass is 32.1. The topological polar surface area (TPSA) is 71.1 Å². The molecule has 122 valence electrons. The van der Waals surface area contributed by atoms with Gasteiger partial charge in [-0.25, -0.2) is 9.37 Å². The van der Waals surface area contributed by atoms with Gasteiger partial charge in [0, 0.05) is 23.9 Å². The molecule has 5 nitrogen and oxygen atoms in total. The first-order valence-electron chi connectivity index (χ1n) is 7.22. The average Bonchev–Trinajstić information content (AvgIpc) is 2.93. The maximum Gasteiger partial charge on any atom is 0.271 e. The van der Waals surface area contributed by atoms with Gasteiger partial charge in [0.2, 0.25) is 5.91 Å². The number of thiazole rings is 1. The highest BCUT2D eigenvalue weighted by Crippen LogP contribution is 2.16. The highest BCUT2D eigenvalue weighted by molar-refractivity contribution is 7.14. The fraction of sp³-hybridized carbons (Fsp3) is 0.312. The van der Waals surface area contributed by atoms with Crippen molar-refractivity contribution in [1.29, 1.82) is 0 Å². The van der Waals surface area contributed by atoms with Gasteiger partial charge in [-0.2, -0.15) is 0 Å². The number of nitrogens with zero attached hydrogens (tertiary/aromatic N) is 1. The smallest absolute Gasteiger partial charge is 0.271 e. The van der Waals surface area contributed by atoms with Crippen molar-refractivity contribution in [3.8, 4) is 0 Å². The van der Waals surface area contributed by atoms with Crippen LogP contribution in [0.15, 0.2) is 29.6 Å². The Hall–Kier alpha value is -2.28. The molecule has 7 heteroatoms. The molecule has 2 aromatic rings. The second-order valence-corrected chi connectivity index (χ2v) is 6.32. The van der Waals surface area contributed by atoms with Crippen molar-refractivity contribution in [2.24, 2.45) is 5.92 Å². The van der Waals surface area contributed by atoms with E-state index in [2.05, 4.69) is 15.6 Å². The number of halogens is 1. The molecule has 0 aliphatic carbocycles. The zero-order valence-electron chi connectivity index (χ0n) is 12.9. The lowest BCUT2D eigenvalue weighted by Crippen LogP contribution is -2.23. The Labute approximate surface area is 137 Å². The van der Waals surface area contributed by atoms with Gasteiger partial charge in [0.15, 0.2) is 5.13 Å². The van der Waals surface area contributed by atoms with Crippen LogP contribution in [0.1, 0.15) is 36.3 Å². The summed E-state index contributed by atoms with van der Waals surface area (Å²) in [5.41, 5.74) is 0.604. The molecule has 0 aliphatic rings. The maximum absolute atomic E-state index is 13.5. The van der Waals surface area contributed by atoms with E-state index >= 15 is 0 Å². The van der Waals surface area contributed by atoms with E-state index in [1.54, 1.807) is 23.6 Å². The third kappa shape index (κ3) is 5.14. The van der Waals surface area contributed by atoms with Gasteiger partial charge in [0.05, 0.1) is 0 Å². The first-order chi connectivity index (χ1) is 11.0. The van der Waals surface area contributed by atoms with Crippen LogP contribution in [-0.4, -0.2) is 16.8 Å². The molecule has 0 radical (unpaired) electrons. The molecule has 0 spiro atoms. The molecular formula is C16H18FN3O2S. The quantitative estimate of drug-likeness (QED) is 0.851. The zero-order chi connectivity index (χ0) is 16.8. The van der Waals surface area contributed by atoms with Crippen LogP contribution in [0.3, 0.4) is 0 Å². The van der Waals surface area contributed by atoms with Gasteiger partial charge in [-0.3, -0.25) is 9.59 Å². The van der Waals surface area contributed by atoms with Crippen LogP contribution >= 0.6 is 11.3 Å². The summed E-state index contributed by atoms with van der Waals surface area (Å²) in [6, 6.07) is 6.24. The van der Waals surface area contributed by atoms with Gasteiger partial charge in [0.25, 0.3) is 5.91 Å². The van der Waals surface area contributed by atoms with E-state index in [9.17, 15) is 14.0 Å². The number of carbonyl (C=O) groups is 2. The normalized spacial score (nSPS) is 10.6. The highest BCUT2D eigenvalue weighted by Gasteiger charge is 2.13. The molecule has 0 bridgehead atoms. The lowest BCUT2D eigenvalue weighted by Gasteiger charge is -2.05. The second-order valence-electron chi connectivity index (χ2n) is 5.46. The van der Waals surface area contributed by atoms with E-state index in [0.717, 1.165) is 0 Å². The molecular weight excluding hydrogens is 317 g/mol. The third-order valence-electron chi connectivity index (χ3n) is 2.97. The summed E-state index contributed by atoms with van der Waals surface area (Å²) < 4.78 is 13.5. The van der Waals surface area contributed by atoms with E-state index in [4.69, 9.17) is 0 Å². The molecule has 0 atom stereocenters.